The molecule has 18 heavy (non-hydrogen) atoms. The molecular weight excluding hydrogens is 322 g/mol. The Morgan fingerprint density at radius 3 is 2.72 bits per heavy atom. The van der Waals surface area contributed by atoms with Crippen LogP contribution in [0.25, 0.3) is 0 Å². The van der Waals surface area contributed by atoms with Gasteiger partial charge in [0.05, 0.1) is 10.7 Å². The minimum Gasteiger partial charge on any atom is -0.470 e. The van der Waals surface area contributed by atoms with E-state index in [0.29, 0.717) is 6.54 Å². The highest BCUT2D eigenvalue weighted by molar-refractivity contribution is 9.10. The van der Waals surface area contributed by atoms with Crippen LogP contribution >= 0.6 is 15.9 Å². The molecule has 0 radical (unpaired) electrons. The van der Waals surface area contributed by atoms with Crippen molar-refractivity contribution in [3.63, 3.8) is 0 Å². The fourth-order valence-electron chi connectivity index (χ4n) is 0.924. The Bertz CT molecular complexity index is 405. The normalized spacial score (nSPS) is 11.7. The number of aromatic nitrogens is 2. The number of halogens is 5. The molecule has 0 saturated heterocycles. The van der Waals surface area contributed by atoms with Gasteiger partial charge in [0, 0.05) is 6.54 Å². The highest BCUT2D eigenvalue weighted by atomic mass is 79.9. The molecule has 9 heteroatoms. The largest absolute Gasteiger partial charge is 0.470 e. The topological polar surface area (TPSA) is 47.0 Å². The van der Waals surface area contributed by atoms with Gasteiger partial charge in [-0.25, -0.2) is 13.8 Å². The van der Waals surface area contributed by atoms with Crippen molar-refractivity contribution < 1.29 is 22.3 Å². The Balaban J connectivity index is 2.75. The summed E-state index contributed by atoms with van der Waals surface area (Å²) in [6.45, 7) is 0.858. The summed E-state index contributed by atoms with van der Waals surface area (Å²) in [4.78, 5) is 7.58. The predicted molar refractivity (Wildman–Crippen MR) is 60.3 cm³/mol. The molecule has 1 N–H and O–H groups in total. The van der Waals surface area contributed by atoms with E-state index in [4.69, 9.17) is 0 Å². The highest BCUT2D eigenvalue weighted by Gasteiger charge is 2.42. The lowest BCUT2D eigenvalue weighted by Gasteiger charge is -2.16. The molecular formula is C9H10BrF4N3O. The Kier molecular flexibility index (Phi) is 5.12. The number of ether oxygens (including phenoxy) is 1. The smallest absolute Gasteiger partial charge is 0.340 e. The van der Waals surface area contributed by atoms with Gasteiger partial charge >= 0.3 is 12.3 Å². The molecule has 102 valence electrons. The van der Waals surface area contributed by atoms with Crippen molar-refractivity contribution in [2.75, 3.05) is 18.5 Å². The molecule has 0 bridgehead atoms. The van der Waals surface area contributed by atoms with E-state index in [1.54, 1.807) is 6.92 Å². The fourth-order valence-corrected chi connectivity index (χ4v) is 1.23. The van der Waals surface area contributed by atoms with Crippen LogP contribution in [0, 0.1) is 0 Å². The molecule has 0 aliphatic heterocycles. The van der Waals surface area contributed by atoms with Gasteiger partial charge in [0.2, 0.25) is 11.8 Å². The second kappa shape index (κ2) is 6.17. The van der Waals surface area contributed by atoms with Crippen molar-refractivity contribution in [3.05, 3.63) is 10.7 Å². The van der Waals surface area contributed by atoms with Gasteiger partial charge in [-0.3, -0.25) is 0 Å². The van der Waals surface area contributed by atoms with Crippen molar-refractivity contribution in [1.29, 1.82) is 0 Å². The number of nitrogens with one attached hydrogen (secondary N) is 1. The molecule has 0 fully saturated rings. The van der Waals surface area contributed by atoms with Crippen LogP contribution in [-0.2, 0) is 0 Å². The first kappa shape index (κ1) is 14.9. The lowest BCUT2D eigenvalue weighted by atomic mass is 10.4. The molecule has 0 atom stereocenters. The zero-order valence-corrected chi connectivity index (χ0v) is 10.8. The number of nitrogens with zero attached hydrogens (tertiary/aromatic N) is 2. The van der Waals surface area contributed by atoms with Gasteiger partial charge in [0.25, 0.3) is 0 Å². The summed E-state index contributed by atoms with van der Waals surface area (Å²) in [5.41, 5.74) is 0. The minimum atomic E-state index is -4.22. The first-order valence-electron chi connectivity index (χ1n) is 4.92. The number of hydrogen-bond donors (Lipinski definition) is 1. The Morgan fingerprint density at radius 1 is 1.50 bits per heavy atom. The summed E-state index contributed by atoms with van der Waals surface area (Å²) in [5.74, 6) is -4.28. The van der Waals surface area contributed by atoms with Gasteiger partial charge in [-0.15, -0.1) is 0 Å². The SMILES string of the molecule is CCNc1ncc(Br)c(OCC(F)(F)C(F)F)n1. The average molecular weight is 332 g/mol. The molecule has 1 aromatic rings. The maximum atomic E-state index is 12.7. The lowest BCUT2D eigenvalue weighted by Crippen LogP contribution is -2.34. The van der Waals surface area contributed by atoms with Crippen LogP contribution in [0.2, 0.25) is 0 Å². The van der Waals surface area contributed by atoms with E-state index in [-0.39, 0.29) is 16.3 Å². The third kappa shape index (κ3) is 3.97. The van der Waals surface area contributed by atoms with Crippen LogP contribution in [0.15, 0.2) is 10.7 Å². The van der Waals surface area contributed by atoms with Crippen molar-refractivity contribution in [2.24, 2.45) is 0 Å². The van der Waals surface area contributed by atoms with E-state index in [9.17, 15) is 17.6 Å². The van der Waals surface area contributed by atoms with Gasteiger partial charge in [-0.2, -0.15) is 13.8 Å². The third-order valence-electron chi connectivity index (χ3n) is 1.77. The monoisotopic (exact) mass is 331 g/mol. The molecule has 0 aliphatic rings. The number of hydrogen-bond acceptors (Lipinski definition) is 4. The zero-order valence-electron chi connectivity index (χ0n) is 9.26. The van der Waals surface area contributed by atoms with Gasteiger partial charge in [-0.05, 0) is 22.9 Å². The summed E-state index contributed by atoms with van der Waals surface area (Å²) in [5, 5.41) is 2.74. The summed E-state index contributed by atoms with van der Waals surface area (Å²) >= 11 is 2.98. The van der Waals surface area contributed by atoms with Crippen LogP contribution in [0.3, 0.4) is 0 Å². The summed E-state index contributed by atoms with van der Waals surface area (Å²) in [7, 11) is 0. The van der Waals surface area contributed by atoms with Crippen molar-refractivity contribution in [2.45, 2.75) is 19.3 Å². The van der Waals surface area contributed by atoms with Gasteiger partial charge < -0.3 is 10.1 Å². The Labute approximate surface area is 109 Å². The maximum Gasteiger partial charge on any atom is 0.340 e. The Hall–Kier alpha value is -1.12. The molecule has 4 nitrogen and oxygen atoms in total. The molecule has 1 rings (SSSR count). The first-order valence-corrected chi connectivity index (χ1v) is 5.71. The standard InChI is InChI=1S/C9H10BrF4N3O/c1-2-15-8-16-3-5(10)6(17-8)18-4-9(13,14)7(11)12/h3,7H,2,4H2,1H3,(H,15,16,17). The van der Waals surface area contributed by atoms with Crippen LogP contribution in [0.5, 0.6) is 5.88 Å². The third-order valence-corrected chi connectivity index (χ3v) is 2.31. The summed E-state index contributed by atoms with van der Waals surface area (Å²) in [6, 6.07) is 0. The van der Waals surface area contributed by atoms with E-state index in [2.05, 4.69) is 36.0 Å². The fraction of sp³-hybridized carbons (Fsp3) is 0.556. The molecule has 0 aliphatic carbocycles. The molecule has 0 amide bonds. The van der Waals surface area contributed by atoms with E-state index >= 15 is 0 Å². The van der Waals surface area contributed by atoms with Crippen LogP contribution in [-0.4, -0.2) is 35.5 Å². The molecule has 1 heterocycles. The molecule has 0 aromatic carbocycles. The van der Waals surface area contributed by atoms with E-state index in [1.165, 1.54) is 6.20 Å². The van der Waals surface area contributed by atoms with Gasteiger partial charge in [0.1, 0.15) is 0 Å². The lowest BCUT2D eigenvalue weighted by molar-refractivity contribution is -0.148. The van der Waals surface area contributed by atoms with E-state index in [0.717, 1.165) is 0 Å². The number of rotatable bonds is 6. The highest BCUT2D eigenvalue weighted by Crippen LogP contribution is 2.27. The van der Waals surface area contributed by atoms with Crippen molar-refractivity contribution >= 4 is 21.9 Å². The number of alkyl halides is 4. The molecule has 0 unspecified atom stereocenters. The summed E-state index contributed by atoms with van der Waals surface area (Å²) in [6.07, 6.45) is -2.51. The van der Waals surface area contributed by atoms with Crippen LogP contribution in [0.1, 0.15) is 6.92 Å². The van der Waals surface area contributed by atoms with Crippen LogP contribution < -0.4 is 10.1 Å². The predicted octanol–water partition coefficient (Wildman–Crippen LogP) is 2.95. The quantitative estimate of drug-likeness (QED) is 0.814. The molecule has 0 spiro atoms. The summed E-state index contributed by atoms with van der Waals surface area (Å²) < 4.78 is 54.0. The van der Waals surface area contributed by atoms with E-state index in [1.807, 2.05) is 0 Å². The van der Waals surface area contributed by atoms with Crippen LogP contribution in [0.4, 0.5) is 23.5 Å². The van der Waals surface area contributed by atoms with Gasteiger partial charge in [-0.1, -0.05) is 0 Å². The second-order valence-corrected chi connectivity index (χ2v) is 4.08. The Morgan fingerprint density at radius 2 is 2.17 bits per heavy atom. The maximum absolute atomic E-state index is 12.7. The number of anilines is 1. The second-order valence-electron chi connectivity index (χ2n) is 3.23. The first-order chi connectivity index (χ1) is 8.36. The average Bonchev–Trinajstić information content (AvgIpc) is 2.30. The van der Waals surface area contributed by atoms with Gasteiger partial charge in [0.15, 0.2) is 6.61 Å². The minimum absolute atomic E-state index is 0.163. The molecule has 1 aromatic heterocycles. The zero-order chi connectivity index (χ0) is 13.8. The molecule has 0 saturated carbocycles. The van der Waals surface area contributed by atoms with Crippen molar-refractivity contribution in [1.82, 2.24) is 9.97 Å². The van der Waals surface area contributed by atoms with E-state index < -0.39 is 19.0 Å². The van der Waals surface area contributed by atoms with Crippen molar-refractivity contribution in [3.8, 4) is 5.88 Å².